The Morgan fingerprint density at radius 3 is 2.43 bits per heavy atom. The van der Waals surface area contributed by atoms with Crippen LogP contribution in [0.1, 0.15) is 45.8 Å². The predicted molar refractivity (Wildman–Crippen MR) is 195 cm³/mol. The minimum atomic E-state index is -5.59. The summed E-state index contributed by atoms with van der Waals surface area (Å²) < 4.78 is 62.1. The summed E-state index contributed by atoms with van der Waals surface area (Å²) >= 11 is 0.803. The number of imidazole rings is 1. The lowest BCUT2D eigenvalue weighted by Gasteiger charge is -2.30. The van der Waals surface area contributed by atoms with Gasteiger partial charge in [-0.1, -0.05) is 25.6 Å². The van der Waals surface area contributed by atoms with Crippen LogP contribution in [0.4, 0.5) is 5.82 Å². The molecular formula is C28H44N7O19P3S. The third kappa shape index (κ3) is 13.1. The molecule has 0 bridgehead atoms. The smallest absolute Gasteiger partial charge is 0.392 e. The van der Waals surface area contributed by atoms with E-state index in [0.29, 0.717) is 12.8 Å². The number of ether oxygens (including phenoxy) is 1. The number of fused-ring (bicyclic) bond motifs is 1. The molecule has 11 N–H and O–H groups in total. The number of nitrogens with zero attached hydrogens (tertiary/aromatic N) is 4. The Hall–Kier alpha value is -2.81. The Morgan fingerprint density at radius 1 is 1.07 bits per heavy atom. The van der Waals surface area contributed by atoms with E-state index in [0.717, 1.165) is 29.0 Å². The van der Waals surface area contributed by atoms with E-state index in [1.165, 1.54) is 13.8 Å². The van der Waals surface area contributed by atoms with Gasteiger partial charge in [0.25, 0.3) is 0 Å². The molecule has 30 heteroatoms. The number of anilines is 1. The quantitative estimate of drug-likeness (QED) is 0.0406. The minimum absolute atomic E-state index is 0.0200. The standard InChI is InChI=1S/C28H44N7O19P3S/c1-28(2,22(40)25(41)31-7-6-17(38)30-8-9-58-27(42)18-14(36)4-3-5-15(18)37)11-51-57(48,49)54-56(46,47)50-10-16-21(53-55(43,44)45)20(39)26(52-16)35-13-34-19-23(29)32-12-33-24(19)35/h12-14,16,18,20-22,26,36,39-40H,3-11H2,1-2H3,(H,30,38)(H,31,41)(H,46,47)(H,48,49)(H2,29,32,33)(H2,43,44,45). The van der Waals surface area contributed by atoms with E-state index in [1.807, 2.05) is 0 Å². The molecular weight excluding hydrogens is 863 g/mol. The maximum absolute atomic E-state index is 12.7. The molecule has 326 valence electrons. The largest absolute Gasteiger partial charge is 0.481 e. The van der Waals surface area contributed by atoms with Gasteiger partial charge in [0.15, 0.2) is 17.7 Å². The minimum Gasteiger partial charge on any atom is -0.392 e. The van der Waals surface area contributed by atoms with Crippen molar-refractivity contribution in [2.75, 3.05) is 37.8 Å². The van der Waals surface area contributed by atoms with Gasteiger partial charge in [0.05, 0.1) is 25.6 Å². The fourth-order valence-corrected chi connectivity index (χ4v) is 9.38. The summed E-state index contributed by atoms with van der Waals surface area (Å²) in [5.74, 6) is -2.89. The number of aliphatic hydroxyl groups is 3. The van der Waals surface area contributed by atoms with E-state index in [9.17, 15) is 67.8 Å². The number of ketones is 1. The Morgan fingerprint density at radius 2 is 1.76 bits per heavy atom. The molecule has 1 aliphatic carbocycles. The number of nitrogens with one attached hydrogen (secondary N) is 2. The summed E-state index contributed by atoms with van der Waals surface area (Å²) in [6, 6.07) is 0. The van der Waals surface area contributed by atoms with Gasteiger partial charge in [0.1, 0.15) is 48.0 Å². The van der Waals surface area contributed by atoms with Crippen molar-refractivity contribution in [1.29, 1.82) is 0 Å². The highest BCUT2D eigenvalue weighted by molar-refractivity contribution is 8.13. The van der Waals surface area contributed by atoms with E-state index in [2.05, 4.69) is 34.4 Å². The van der Waals surface area contributed by atoms with Gasteiger partial charge >= 0.3 is 23.5 Å². The number of hydrogen-bond donors (Lipinski definition) is 10. The number of carbonyl (C=O) groups is 4. The third-order valence-corrected chi connectivity index (χ3v) is 12.7. The number of aliphatic hydroxyl groups excluding tert-OH is 3. The molecule has 58 heavy (non-hydrogen) atoms. The van der Waals surface area contributed by atoms with Crippen LogP contribution in [0.5, 0.6) is 0 Å². The monoisotopic (exact) mass is 907 g/mol. The van der Waals surface area contributed by atoms with Crippen LogP contribution in [0.3, 0.4) is 0 Å². The molecule has 4 rings (SSSR count). The highest BCUT2D eigenvalue weighted by Gasteiger charge is 2.50. The SMILES string of the molecule is CC(C)(COP(=O)(O)OP(=O)(O)OCC1OC(n2cnc3c(N)ncnc32)C(O)C1OP(=O)(O)O)C(O)C(=O)NCCC(=O)NCCSC(=O)C1C(=O)CCCC1O. The number of amides is 2. The van der Waals surface area contributed by atoms with Crippen molar-refractivity contribution in [3.05, 3.63) is 12.7 Å². The van der Waals surface area contributed by atoms with Gasteiger partial charge in [-0.25, -0.2) is 28.6 Å². The zero-order chi connectivity index (χ0) is 43.2. The summed E-state index contributed by atoms with van der Waals surface area (Å²) in [7, 11) is -16.5. The van der Waals surface area contributed by atoms with Gasteiger partial charge in [-0.2, -0.15) is 4.31 Å². The molecule has 2 aromatic rings. The molecule has 0 radical (unpaired) electrons. The van der Waals surface area contributed by atoms with E-state index in [4.69, 9.17) is 19.5 Å². The zero-order valence-electron chi connectivity index (χ0n) is 30.7. The molecule has 3 heterocycles. The highest BCUT2D eigenvalue weighted by Crippen LogP contribution is 2.61. The summed E-state index contributed by atoms with van der Waals surface area (Å²) in [6.45, 7) is 0.168. The molecule has 1 saturated carbocycles. The van der Waals surface area contributed by atoms with Crippen LogP contribution in [0.25, 0.3) is 11.2 Å². The lowest BCUT2D eigenvalue weighted by molar-refractivity contribution is -0.137. The van der Waals surface area contributed by atoms with Gasteiger partial charge < -0.3 is 56.0 Å². The number of phosphoric ester groups is 3. The topological polar surface area (TPSA) is 401 Å². The maximum atomic E-state index is 12.7. The molecule has 1 aliphatic heterocycles. The second-order valence-electron chi connectivity index (χ2n) is 13.6. The summed E-state index contributed by atoms with van der Waals surface area (Å²) in [5, 5.41) is 35.7. The van der Waals surface area contributed by atoms with E-state index >= 15 is 0 Å². The van der Waals surface area contributed by atoms with Crippen LogP contribution in [0.15, 0.2) is 12.7 Å². The summed E-state index contributed by atoms with van der Waals surface area (Å²) in [5.41, 5.74) is 4.20. The molecule has 0 aromatic carbocycles. The zero-order valence-corrected chi connectivity index (χ0v) is 34.2. The van der Waals surface area contributed by atoms with Crippen LogP contribution in [0.2, 0.25) is 0 Å². The van der Waals surface area contributed by atoms with E-state index in [-0.39, 0.29) is 54.4 Å². The number of phosphoric acid groups is 3. The fourth-order valence-electron chi connectivity index (χ4n) is 5.68. The van der Waals surface area contributed by atoms with Crippen LogP contribution in [-0.2, 0) is 55.5 Å². The van der Waals surface area contributed by atoms with Crippen molar-refractivity contribution in [1.82, 2.24) is 30.2 Å². The van der Waals surface area contributed by atoms with Crippen LogP contribution in [0, 0.1) is 11.3 Å². The molecule has 2 amide bonds. The van der Waals surface area contributed by atoms with Crippen molar-refractivity contribution in [3.63, 3.8) is 0 Å². The first kappa shape index (κ1) is 47.9. The molecule has 2 aromatic heterocycles. The van der Waals surface area contributed by atoms with Gasteiger partial charge in [-0.05, 0) is 12.8 Å². The molecule has 26 nitrogen and oxygen atoms in total. The van der Waals surface area contributed by atoms with Crippen molar-refractivity contribution in [2.45, 2.75) is 76.3 Å². The lowest BCUT2D eigenvalue weighted by atomic mass is 9.86. The van der Waals surface area contributed by atoms with E-state index < -0.39 is 102 Å². The second kappa shape index (κ2) is 19.7. The number of carbonyl (C=O) groups excluding carboxylic acids is 4. The Labute approximate surface area is 333 Å². The maximum Gasteiger partial charge on any atom is 0.481 e. The van der Waals surface area contributed by atoms with Crippen molar-refractivity contribution >= 4 is 74.9 Å². The fraction of sp³-hybridized carbons (Fsp3) is 0.679. The molecule has 0 spiro atoms. The number of hydrogen-bond acceptors (Lipinski definition) is 20. The highest BCUT2D eigenvalue weighted by atomic mass is 32.2. The first-order valence-electron chi connectivity index (χ1n) is 17.2. The second-order valence-corrected chi connectivity index (χ2v) is 19.0. The van der Waals surface area contributed by atoms with Crippen molar-refractivity contribution in [2.24, 2.45) is 11.3 Å². The normalized spacial score (nSPS) is 25.5. The lowest BCUT2D eigenvalue weighted by Crippen LogP contribution is -2.46. The Balaban J connectivity index is 1.22. The van der Waals surface area contributed by atoms with Crippen LogP contribution >= 0.6 is 35.2 Å². The number of rotatable bonds is 20. The number of Topliss-reactive ketones (excluding diaryl/α,β-unsaturated/α-hetero) is 1. The first-order valence-corrected chi connectivity index (χ1v) is 22.7. The first-order chi connectivity index (χ1) is 26.9. The average Bonchev–Trinajstić information content (AvgIpc) is 3.68. The number of nitrogens with two attached hydrogens (primary N) is 1. The number of nitrogen functional groups attached to an aromatic ring is 1. The van der Waals surface area contributed by atoms with Gasteiger partial charge in [0.2, 0.25) is 16.9 Å². The van der Waals surface area contributed by atoms with E-state index in [1.54, 1.807) is 0 Å². The molecule has 9 atom stereocenters. The number of aromatic nitrogens is 4. The Bertz CT molecular complexity index is 1970. The predicted octanol–water partition coefficient (Wildman–Crippen LogP) is -1.61. The third-order valence-electron chi connectivity index (χ3n) is 8.65. The molecule has 2 fully saturated rings. The molecule has 1 saturated heterocycles. The van der Waals surface area contributed by atoms with Crippen molar-refractivity contribution in [3.8, 4) is 0 Å². The summed E-state index contributed by atoms with van der Waals surface area (Å²) in [6.07, 6.45) is -7.07. The molecule has 2 aliphatic rings. The Kier molecular flexibility index (Phi) is 16.3. The van der Waals surface area contributed by atoms with Gasteiger partial charge in [0, 0.05) is 37.1 Å². The molecule has 9 unspecified atom stereocenters. The average molecular weight is 908 g/mol. The summed E-state index contributed by atoms with van der Waals surface area (Å²) in [4.78, 5) is 99.9. The van der Waals surface area contributed by atoms with Crippen LogP contribution < -0.4 is 16.4 Å². The van der Waals surface area contributed by atoms with Gasteiger partial charge in [-0.3, -0.25) is 37.3 Å². The van der Waals surface area contributed by atoms with Gasteiger partial charge in [-0.15, -0.1) is 0 Å². The number of thioether (sulfide) groups is 1. The van der Waals surface area contributed by atoms with Crippen molar-refractivity contribution < 1.29 is 90.4 Å². The van der Waals surface area contributed by atoms with Crippen LogP contribution in [-0.4, -0.2) is 140 Å².